The average Bonchev–Trinajstić information content (AvgIpc) is 2.57. The normalized spacial score (nSPS) is 11.7. The van der Waals surface area contributed by atoms with Gasteiger partial charge in [0.05, 0.1) is 11.3 Å². The first-order chi connectivity index (χ1) is 13.3. The lowest BCUT2D eigenvalue weighted by molar-refractivity contribution is -0.165. The van der Waals surface area contributed by atoms with Crippen LogP contribution in [0, 0.1) is 0 Å². The van der Waals surface area contributed by atoms with Crippen molar-refractivity contribution in [1.29, 1.82) is 0 Å². The number of carbonyl (C=O) groups excluding carboxylic acids is 4. The van der Waals surface area contributed by atoms with Crippen LogP contribution in [0.5, 0.6) is 0 Å². The van der Waals surface area contributed by atoms with Crippen LogP contribution in [0.15, 0.2) is 36.5 Å². The molecule has 8 nitrogen and oxygen atoms in total. The summed E-state index contributed by atoms with van der Waals surface area (Å²) in [5, 5.41) is 6.84. The highest BCUT2D eigenvalue weighted by Gasteiger charge is 2.36. The van der Waals surface area contributed by atoms with E-state index in [9.17, 15) is 32.3 Å². The number of hydrogen-bond donors (Lipinski definition) is 3. The largest absolute Gasteiger partial charge is 0.454 e. The minimum Gasteiger partial charge on any atom is -0.452 e. The van der Waals surface area contributed by atoms with E-state index in [0.29, 0.717) is 0 Å². The highest BCUT2D eigenvalue weighted by Crippen LogP contribution is 2.18. The second kappa shape index (κ2) is 9.71. The Morgan fingerprint density at radius 1 is 1.07 bits per heavy atom. The third kappa shape index (κ3) is 8.91. The lowest BCUT2D eigenvalue weighted by Gasteiger charge is -2.20. The number of hydrogen-bond acceptors (Lipinski definition) is 6. The van der Waals surface area contributed by atoms with Gasteiger partial charge in [0, 0.05) is 17.8 Å². The van der Waals surface area contributed by atoms with Crippen molar-refractivity contribution in [2.45, 2.75) is 32.5 Å². The number of ether oxygens (including phenoxy) is 1. The first-order valence-electron chi connectivity index (χ1n) is 8.22. The number of benzene rings is 1. The summed E-state index contributed by atoms with van der Waals surface area (Å²) >= 11 is 0. The smallest absolute Gasteiger partial charge is 0.452 e. The molecule has 0 atom stereocenters. The van der Waals surface area contributed by atoms with Gasteiger partial charge in [-0.25, -0.2) is 9.59 Å². The van der Waals surface area contributed by atoms with Gasteiger partial charge in [-0.05, 0) is 32.9 Å². The molecule has 158 valence electrons. The van der Waals surface area contributed by atoms with Crippen molar-refractivity contribution in [2.75, 3.05) is 11.9 Å². The highest BCUT2D eigenvalue weighted by molar-refractivity contribution is 5.99. The van der Waals surface area contributed by atoms with Crippen molar-refractivity contribution in [2.24, 2.45) is 0 Å². The van der Waals surface area contributed by atoms with Gasteiger partial charge in [-0.2, -0.15) is 13.2 Å². The van der Waals surface area contributed by atoms with E-state index in [1.54, 1.807) is 20.8 Å². The molecule has 0 aliphatic rings. The molecule has 1 rings (SSSR count). The number of ketones is 1. The molecule has 11 heteroatoms. The molecule has 29 heavy (non-hydrogen) atoms. The minimum atomic E-state index is -5.01. The summed E-state index contributed by atoms with van der Waals surface area (Å²) in [7, 11) is 0. The van der Waals surface area contributed by atoms with Crippen LogP contribution >= 0.6 is 0 Å². The fourth-order valence-electron chi connectivity index (χ4n) is 1.83. The molecular formula is C18H20F3N3O5. The van der Waals surface area contributed by atoms with E-state index in [1.807, 2.05) is 5.32 Å². The Morgan fingerprint density at radius 3 is 2.28 bits per heavy atom. The van der Waals surface area contributed by atoms with Gasteiger partial charge < -0.3 is 15.4 Å². The van der Waals surface area contributed by atoms with Gasteiger partial charge in [-0.3, -0.25) is 14.9 Å². The molecule has 0 aliphatic carbocycles. The Labute approximate surface area is 164 Å². The van der Waals surface area contributed by atoms with Gasteiger partial charge in [0.2, 0.25) is 0 Å². The number of para-hydroxylation sites is 1. The van der Waals surface area contributed by atoms with Crippen LogP contribution in [0.3, 0.4) is 0 Å². The summed E-state index contributed by atoms with van der Waals surface area (Å²) in [5.41, 5.74) is -0.620. The molecule has 0 fully saturated rings. The van der Waals surface area contributed by atoms with E-state index in [4.69, 9.17) is 4.74 Å². The quantitative estimate of drug-likeness (QED) is 0.486. The van der Waals surface area contributed by atoms with Crippen LogP contribution in [0.25, 0.3) is 0 Å². The monoisotopic (exact) mass is 415 g/mol. The molecule has 0 unspecified atom stereocenters. The molecule has 0 aliphatic heterocycles. The summed E-state index contributed by atoms with van der Waals surface area (Å²) in [6, 6.07) is 4.84. The fourth-order valence-corrected chi connectivity index (χ4v) is 1.83. The van der Waals surface area contributed by atoms with E-state index >= 15 is 0 Å². The van der Waals surface area contributed by atoms with Crippen LogP contribution in [0.4, 0.5) is 23.7 Å². The summed E-state index contributed by atoms with van der Waals surface area (Å²) < 4.78 is 41.3. The summed E-state index contributed by atoms with van der Waals surface area (Å²) in [4.78, 5) is 46.2. The van der Waals surface area contributed by atoms with Gasteiger partial charge >= 0.3 is 18.2 Å². The van der Waals surface area contributed by atoms with Gasteiger partial charge in [0.15, 0.2) is 6.61 Å². The first kappa shape index (κ1) is 23.7. The molecule has 3 amide bonds. The molecular weight excluding hydrogens is 395 g/mol. The molecule has 1 aromatic rings. The molecule has 0 saturated carbocycles. The Kier molecular flexibility index (Phi) is 7.93. The zero-order valence-electron chi connectivity index (χ0n) is 15.8. The Bertz CT molecular complexity index is 814. The van der Waals surface area contributed by atoms with Gasteiger partial charge in [-0.15, -0.1) is 0 Å². The van der Waals surface area contributed by atoms with E-state index in [2.05, 4.69) is 10.6 Å². The van der Waals surface area contributed by atoms with E-state index < -0.39 is 42.0 Å². The van der Waals surface area contributed by atoms with Crippen molar-refractivity contribution in [3.8, 4) is 0 Å². The Hall–Kier alpha value is -3.37. The number of imide groups is 1. The maximum absolute atomic E-state index is 12.2. The molecule has 0 saturated heterocycles. The third-order valence-electron chi connectivity index (χ3n) is 2.98. The van der Waals surface area contributed by atoms with Crippen LogP contribution in [-0.2, 0) is 14.3 Å². The van der Waals surface area contributed by atoms with Crippen molar-refractivity contribution >= 4 is 29.4 Å². The van der Waals surface area contributed by atoms with Crippen molar-refractivity contribution < 1.29 is 37.1 Å². The fraction of sp³-hybridized carbons (Fsp3) is 0.333. The van der Waals surface area contributed by atoms with Crippen molar-refractivity contribution in [3.05, 3.63) is 42.1 Å². The maximum atomic E-state index is 12.2. The zero-order chi connectivity index (χ0) is 22.2. The third-order valence-corrected chi connectivity index (χ3v) is 2.98. The van der Waals surface area contributed by atoms with Crippen LogP contribution in [0.1, 0.15) is 31.1 Å². The van der Waals surface area contributed by atoms with Crippen LogP contribution in [-0.4, -0.2) is 42.0 Å². The highest BCUT2D eigenvalue weighted by atomic mass is 19.4. The van der Waals surface area contributed by atoms with E-state index in [0.717, 1.165) is 6.20 Å². The number of alkyl halides is 3. The summed E-state index contributed by atoms with van der Waals surface area (Å²) in [5.74, 6) is -3.91. The average molecular weight is 415 g/mol. The predicted molar refractivity (Wildman–Crippen MR) is 97.0 cm³/mol. The molecule has 0 bridgehead atoms. The second-order valence-electron chi connectivity index (χ2n) is 6.71. The van der Waals surface area contributed by atoms with Crippen LogP contribution in [0.2, 0.25) is 0 Å². The van der Waals surface area contributed by atoms with Crippen molar-refractivity contribution in [1.82, 2.24) is 10.6 Å². The SMILES string of the molecule is CC(C)(C)NC(=O)NC(=O)COC(=O)c1ccccc1N/C=C/C(=O)C(F)(F)F. The van der Waals surface area contributed by atoms with Gasteiger partial charge in [0.25, 0.3) is 11.7 Å². The number of halogens is 3. The Balaban J connectivity index is 2.67. The second-order valence-corrected chi connectivity index (χ2v) is 6.71. The van der Waals surface area contributed by atoms with Crippen molar-refractivity contribution in [3.63, 3.8) is 0 Å². The maximum Gasteiger partial charge on any atom is 0.454 e. The number of rotatable bonds is 6. The molecule has 3 N–H and O–H groups in total. The zero-order valence-corrected chi connectivity index (χ0v) is 15.8. The Morgan fingerprint density at radius 2 is 1.69 bits per heavy atom. The molecule has 1 aromatic carbocycles. The lowest BCUT2D eigenvalue weighted by atomic mass is 10.1. The number of urea groups is 1. The number of esters is 1. The summed E-state index contributed by atoms with van der Waals surface area (Å²) in [6.07, 6.45) is -4.02. The van der Waals surface area contributed by atoms with E-state index in [-0.39, 0.29) is 17.3 Å². The number of carbonyl (C=O) groups is 4. The predicted octanol–water partition coefficient (Wildman–Crippen LogP) is 2.52. The molecule has 0 spiro atoms. The summed E-state index contributed by atoms with van der Waals surface area (Å²) in [6.45, 7) is 4.36. The molecule has 0 heterocycles. The van der Waals surface area contributed by atoms with E-state index in [1.165, 1.54) is 24.3 Å². The lowest BCUT2D eigenvalue weighted by Crippen LogP contribution is -2.49. The number of allylic oxidation sites excluding steroid dienone is 1. The van der Waals surface area contributed by atoms with Gasteiger partial charge in [-0.1, -0.05) is 12.1 Å². The topological polar surface area (TPSA) is 114 Å². The molecule has 0 aromatic heterocycles. The molecule has 0 radical (unpaired) electrons. The minimum absolute atomic E-state index is 0.0506. The number of anilines is 1. The number of nitrogens with one attached hydrogen (secondary N) is 3. The van der Waals surface area contributed by atoms with Crippen LogP contribution < -0.4 is 16.0 Å². The van der Waals surface area contributed by atoms with Gasteiger partial charge in [0.1, 0.15) is 0 Å². The first-order valence-corrected chi connectivity index (χ1v) is 8.22. The standard InChI is InChI=1S/C18H20F3N3O5/c1-17(2,3)24-16(28)23-14(26)10-29-15(27)11-6-4-5-7-12(11)22-9-8-13(25)18(19,20)21/h4-9,22H,10H2,1-3H3,(H2,23,24,26,28)/b9-8+. The number of amides is 3.